The number of pyridine rings is 1. The Hall–Kier alpha value is -0.890. The van der Waals surface area contributed by atoms with Crippen LogP contribution < -0.4 is 5.32 Å². The molecule has 0 spiro atoms. The molecule has 96 valence electrons. The molecule has 0 aliphatic heterocycles. The molecule has 3 aliphatic rings. The second-order valence-electron chi connectivity index (χ2n) is 6.38. The number of hydrogen-bond acceptors (Lipinski definition) is 2. The summed E-state index contributed by atoms with van der Waals surface area (Å²) in [5, 5.41) is 3.72. The maximum absolute atomic E-state index is 4.67. The molecule has 2 nitrogen and oxygen atoms in total. The van der Waals surface area contributed by atoms with Crippen molar-refractivity contribution in [2.24, 2.45) is 11.8 Å². The zero-order valence-corrected chi connectivity index (χ0v) is 10.9. The molecular weight excluding hydrogens is 220 g/mol. The van der Waals surface area contributed by atoms with Crippen LogP contribution in [0.1, 0.15) is 49.3 Å². The maximum atomic E-state index is 4.67. The van der Waals surface area contributed by atoms with Gasteiger partial charge in [0.15, 0.2) is 0 Å². The molecule has 1 N–H and O–H groups in total. The molecule has 18 heavy (non-hydrogen) atoms. The summed E-state index contributed by atoms with van der Waals surface area (Å²) < 4.78 is 0. The SMILES string of the molecule is c1cnc2c(c1)CCC2C1CCC1CNC1CC1. The molecule has 0 saturated heterocycles. The zero-order valence-electron chi connectivity index (χ0n) is 10.9. The number of aromatic nitrogens is 1. The van der Waals surface area contributed by atoms with E-state index in [2.05, 4.69) is 22.4 Å². The van der Waals surface area contributed by atoms with E-state index in [0.29, 0.717) is 0 Å². The highest BCUT2D eigenvalue weighted by Crippen LogP contribution is 2.48. The van der Waals surface area contributed by atoms with Crippen molar-refractivity contribution in [2.45, 2.75) is 50.5 Å². The second kappa shape index (κ2) is 4.34. The Morgan fingerprint density at radius 3 is 2.89 bits per heavy atom. The van der Waals surface area contributed by atoms with E-state index in [1.807, 2.05) is 6.20 Å². The average Bonchev–Trinajstić information content (AvgIpc) is 3.10. The van der Waals surface area contributed by atoms with Crippen LogP contribution in [0, 0.1) is 11.8 Å². The second-order valence-corrected chi connectivity index (χ2v) is 6.38. The quantitative estimate of drug-likeness (QED) is 0.878. The Kier molecular flexibility index (Phi) is 2.65. The van der Waals surface area contributed by atoms with E-state index in [4.69, 9.17) is 0 Å². The number of hydrogen-bond donors (Lipinski definition) is 1. The van der Waals surface area contributed by atoms with Gasteiger partial charge < -0.3 is 5.32 Å². The van der Waals surface area contributed by atoms with Crippen LogP contribution in [0.5, 0.6) is 0 Å². The molecule has 3 atom stereocenters. The lowest BCUT2D eigenvalue weighted by atomic mass is 9.66. The van der Waals surface area contributed by atoms with Gasteiger partial charge in [0.25, 0.3) is 0 Å². The van der Waals surface area contributed by atoms with E-state index in [1.165, 1.54) is 56.3 Å². The number of nitrogens with zero attached hydrogens (tertiary/aromatic N) is 1. The van der Waals surface area contributed by atoms with E-state index in [1.54, 1.807) is 0 Å². The number of nitrogens with one attached hydrogen (secondary N) is 1. The van der Waals surface area contributed by atoms with Crippen molar-refractivity contribution in [3.63, 3.8) is 0 Å². The molecule has 2 saturated carbocycles. The van der Waals surface area contributed by atoms with Gasteiger partial charge in [-0.05, 0) is 68.5 Å². The van der Waals surface area contributed by atoms with Crippen LogP contribution in [-0.4, -0.2) is 17.6 Å². The van der Waals surface area contributed by atoms with Crippen molar-refractivity contribution in [3.8, 4) is 0 Å². The third-order valence-corrected chi connectivity index (χ3v) is 5.24. The molecule has 0 amide bonds. The van der Waals surface area contributed by atoms with E-state index >= 15 is 0 Å². The minimum absolute atomic E-state index is 0.765. The fourth-order valence-corrected chi connectivity index (χ4v) is 3.84. The third-order valence-electron chi connectivity index (χ3n) is 5.24. The highest BCUT2D eigenvalue weighted by molar-refractivity contribution is 5.29. The van der Waals surface area contributed by atoms with E-state index in [9.17, 15) is 0 Å². The number of aryl methyl sites for hydroxylation is 1. The van der Waals surface area contributed by atoms with Gasteiger partial charge in [0, 0.05) is 23.9 Å². The minimum Gasteiger partial charge on any atom is -0.314 e. The molecule has 1 heterocycles. The van der Waals surface area contributed by atoms with Crippen LogP contribution in [0.15, 0.2) is 18.3 Å². The highest BCUT2D eigenvalue weighted by atomic mass is 15.0. The van der Waals surface area contributed by atoms with Crippen LogP contribution in [-0.2, 0) is 6.42 Å². The summed E-state index contributed by atoms with van der Waals surface area (Å²) >= 11 is 0. The molecule has 3 unspecified atom stereocenters. The summed E-state index contributed by atoms with van der Waals surface area (Å²) in [4.78, 5) is 4.67. The van der Waals surface area contributed by atoms with Crippen LogP contribution in [0.2, 0.25) is 0 Å². The predicted molar refractivity (Wildman–Crippen MR) is 72.5 cm³/mol. The molecule has 2 heteroatoms. The highest BCUT2D eigenvalue weighted by Gasteiger charge is 2.41. The summed E-state index contributed by atoms with van der Waals surface area (Å²) in [6.45, 7) is 1.26. The first-order valence-corrected chi connectivity index (χ1v) is 7.59. The van der Waals surface area contributed by atoms with Crippen LogP contribution >= 0.6 is 0 Å². The Bertz CT molecular complexity index is 438. The van der Waals surface area contributed by atoms with Gasteiger partial charge in [0.05, 0.1) is 0 Å². The normalized spacial score (nSPS) is 34.1. The van der Waals surface area contributed by atoms with Crippen molar-refractivity contribution < 1.29 is 0 Å². The molecule has 1 aromatic heterocycles. The summed E-state index contributed by atoms with van der Waals surface area (Å²) in [6.07, 6.45) is 10.3. The first-order chi connectivity index (χ1) is 8.92. The molecule has 3 aliphatic carbocycles. The van der Waals surface area contributed by atoms with Gasteiger partial charge >= 0.3 is 0 Å². The van der Waals surface area contributed by atoms with E-state index in [0.717, 1.165) is 23.8 Å². The van der Waals surface area contributed by atoms with Gasteiger partial charge in [-0.15, -0.1) is 0 Å². The number of rotatable bonds is 4. The van der Waals surface area contributed by atoms with Gasteiger partial charge in [-0.3, -0.25) is 4.98 Å². The smallest absolute Gasteiger partial charge is 0.0469 e. The monoisotopic (exact) mass is 242 g/mol. The third kappa shape index (κ3) is 1.87. The summed E-state index contributed by atoms with van der Waals surface area (Å²) in [6, 6.07) is 5.23. The van der Waals surface area contributed by atoms with Gasteiger partial charge in [-0.1, -0.05) is 6.07 Å². The Labute approximate surface area is 109 Å². The standard InChI is InChI=1S/C16H22N2/c1-2-11-3-8-15(16(11)17-9-1)14-7-4-12(14)10-18-13-5-6-13/h1-2,9,12-15,18H,3-8,10H2. The summed E-state index contributed by atoms with van der Waals surface area (Å²) in [5.41, 5.74) is 2.95. The van der Waals surface area contributed by atoms with Crippen LogP contribution in [0.3, 0.4) is 0 Å². The molecule has 4 rings (SSSR count). The summed E-state index contributed by atoms with van der Waals surface area (Å²) in [7, 11) is 0. The lowest BCUT2D eigenvalue weighted by molar-refractivity contribution is 0.136. The van der Waals surface area contributed by atoms with Gasteiger partial charge in [0.2, 0.25) is 0 Å². The van der Waals surface area contributed by atoms with Crippen molar-refractivity contribution in [1.82, 2.24) is 10.3 Å². The van der Waals surface area contributed by atoms with Crippen molar-refractivity contribution in [3.05, 3.63) is 29.6 Å². The van der Waals surface area contributed by atoms with Gasteiger partial charge in [-0.2, -0.15) is 0 Å². The van der Waals surface area contributed by atoms with Crippen LogP contribution in [0.25, 0.3) is 0 Å². The molecule has 0 bridgehead atoms. The van der Waals surface area contributed by atoms with Crippen molar-refractivity contribution >= 4 is 0 Å². The van der Waals surface area contributed by atoms with E-state index in [-0.39, 0.29) is 0 Å². The molecule has 0 aromatic carbocycles. The average molecular weight is 242 g/mol. The topological polar surface area (TPSA) is 24.9 Å². The molecular formula is C16H22N2. The Balaban J connectivity index is 1.44. The lowest BCUT2D eigenvalue weighted by Crippen LogP contribution is -2.38. The van der Waals surface area contributed by atoms with Crippen LogP contribution in [0.4, 0.5) is 0 Å². The first kappa shape index (κ1) is 11.0. The zero-order chi connectivity index (χ0) is 11.9. The molecule has 2 fully saturated rings. The largest absolute Gasteiger partial charge is 0.314 e. The molecule has 1 aromatic rings. The Morgan fingerprint density at radius 1 is 1.17 bits per heavy atom. The van der Waals surface area contributed by atoms with Crippen molar-refractivity contribution in [1.29, 1.82) is 0 Å². The van der Waals surface area contributed by atoms with Gasteiger partial charge in [-0.25, -0.2) is 0 Å². The van der Waals surface area contributed by atoms with Gasteiger partial charge in [0.1, 0.15) is 0 Å². The predicted octanol–water partition coefficient (Wildman–Crippen LogP) is 2.89. The fourth-order valence-electron chi connectivity index (χ4n) is 3.84. The number of fused-ring (bicyclic) bond motifs is 1. The maximum Gasteiger partial charge on any atom is 0.0469 e. The Morgan fingerprint density at radius 2 is 2.11 bits per heavy atom. The first-order valence-electron chi connectivity index (χ1n) is 7.59. The molecule has 0 radical (unpaired) electrons. The van der Waals surface area contributed by atoms with E-state index < -0.39 is 0 Å². The summed E-state index contributed by atoms with van der Waals surface area (Å²) in [5.74, 6) is 2.59. The lowest BCUT2D eigenvalue weighted by Gasteiger charge is -2.41. The van der Waals surface area contributed by atoms with Crippen molar-refractivity contribution in [2.75, 3.05) is 6.54 Å². The minimum atomic E-state index is 0.765. The fraction of sp³-hybridized carbons (Fsp3) is 0.688.